The van der Waals surface area contributed by atoms with Crippen molar-refractivity contribution in [3.8, 4) is 11.4 Å². The molecule has 2 rings (SSSR count). The Morgan fingerprint density at radius 3 is 3.00 bits per heavy atom. The van der Waals surface area contributed by atoms with Crippen LogP contribution in [0.5, 0.6) is 0 Å². The van der Waals surface area contributed by atoms with Crippen molar-refractivity contribution in [1.82, 2.24) is 20.6 Å². The Morgan fingerprint density at radius 1 is 1.53 bits per heavy atom. The molecule has 0 aliphatic carbocycles. The number of nitrogens with zero attached hydrogens (tertiary/aromatic N) is 3. The van der Waals surface area contributed by atoms with Gasteiger partial charge in [0.1, 0.15) is 0 Å². The predicted octanol–water partition coefficient (Wildman–Crippen LogP) is 1.87. The summed E-state index contributed by atoms with van der Waals surface area (Å²) in [6, 6.07) is 5.11. The number of carbonyl (C=O) groups is 1. The van der Waals surface area contributed by atoms with Gasteiger partial charge in [-0.15, -0.1) is 5.10 Å². The van der Waals surface area contributed by atoms with E-state index in [0.717, 1.165) is 0 Å². The SMILES string of the molecule is CCC(=O)Nc1cc(Cl)ccc1-c1nnn[nH]1. The smallest absolute Gasteiger partial charge is 0.224 e. The number of benzene rings is 1. The van der Waals surface area contributed by atoms with Gasteiger partial charge < -0.3 is 5.32 Å². The van der Waals surface area contributed by atoms with Gasteiger partial charge in [-0.3, -0.25) is 4.79 Å². The third-order valence-electron chi connectivity index (χ3n) is 2.18. The van der Waals surface area contributed by atoms with Crippen molar-refractivity contribution >= 4 is 23.2 Å². The normalized spacial score (nSPS) is 10.2. The van der Waals surface area contributed by atoms with E-state index in [-0.39, 0.29) is 5.91 Å². The fraction of sp³-hybridized carbons (Fsp3) is 0.200. The molecule has 7 heteroatoms. The van der Waals surface area contributed by atoms with Crippen LogP contribution in [0.1, 0.15) is 13.3 Å². The lowest BCUT2D eigenvalue weighted by Gasteiger charge is -2.08. The highest BCUT2D eigenvalue weighted by Gasteiger charge is 2.11. The van der Waals surface area contributed by atoms with Gasteiger partial charge in [0.15, 0.2) is 5.82 Å². The zero-order valence-corrected chi connectivity index (χ0v) is 9.82. The molecule has 0 aliphatic rings. The first kappa shape index (κ1) is 11.5. The third kappa shape index (κ3) is 2.59. The Balaban J connectivity index is 2.41. The first-order chi connectivity index (χ1) is 8.20. The summed E-state index contributed by atoms with van der Waals surface area (Å²) >= 11 is 5.89. The standard InChI is InChI=1S/C10H10ClN5O/c1-2-9(17)12-8-5-6(11)3-4-7(8)10-13-15-16-14-10/h3-5H,2H2,1H3,(H,12,17)(H,13,14,15,16). The van der Waals surface area contributed by atoms with Crippen molar-refractivity contribution in [3.05, 3.63) is 23.2 Å². The van der Waals surface area contributed by atoms with E-state index < -0.39 is 0 Å². The maximum atomic E-state index is 11.4. The van der Waals surface area contributed by atoms with Crippen molar-refractivity contribution in [1.29, 1.82) is 0 Å². The summed E-state index contributed by atoms with van der Waals surface area (Å²) in [6.45, 7) is 1.77. The number of aromatic amines is 1. The van der Waals surface area contributed by atoms with Gasteiger partial charge in [-0.05, 0) is 28.6 Å². The Bertz CT molecular complexity index is 525. The lowest BCUT2D eigenvalue weighted by atomic mass is 10.1. The molecule has 0 bridgehead atoms. The van der Waals surface area contributed by atoms with Crippen LogP contribution < -0.4 is 5.32 Å². The molecule has 17 heavy (non-hydrogen) atoms. The zero-order chi connectivity index (χ0) is 12.3. The van der Waals surface area contributed by atoms with Gasteiger partial charge in [0.05, 0.1) is 5.69 Å². The van der Waals surface area contributed by atoms with Gasteiger partial charge >= 0.3 is 0 Å². The Morgan fingerprint density at radius 2 is 2.35 bits per heavy atom. The molecule has 1 heterocycles. The summed E-state index contributed by atoms with van der Waals surface area (Å²) < 4.78 is 0. The van der Waals surface area contributed by atoms with Gasteiger partial charge in [0.2, 0.25) is 5.91 Å². The number of tetrazole rings is 1. The lowest BCUT2D eigenvalue weighted by Crippen LogP contribution is -2.10. The van der Waals surface area contributed by atoms with Gasteiger partial charge in [-0.2, -0.15) is 0 Å². The molecule has 0 unspecified atom stereocenters. The van der Waals surface area contributed by atoms with Crippen molar-refractivity contribution in [2.45, 2.75) is 13.3 Å². The number of rotatable bonds is 3. The third-order valence-corrected chi connectivity index (χ3v) is 2.41. The topological polar surface area (TPSA) is 83.6 Å². The van der Waals surface area contributed by atoms with E-state index in [1.54, 1.807) is 25.1 Å². The second-order valence-electron chi connectivity index (χ2n) is 3.34. The molecule has 0 spiro atoms. The number of amides is 1. The number of aromatic nitrogens is 4. The number of hydrogen-bond acceptors (Lipinski definition) is 4. The van der Waals surface area contributed by atoms with Gasteiger partial charge in [0, 0.05) is 17.0 Å². The fourth-order valence-corrected chi connectivity index (χ4v) is 1.51. The molecular weight excluding hydrogens is 242 g/mol. The van der Waals surface area contributed by atoms with E-state index in [0.29, 0.717) is 28.5 Å². The maximum Gasteiger partial charge on any atom is 0.224 e. The highest BCUT2D eigenvalue weighted by molar-refractivity contribution is 6.31. The van der Waals surface area contributed by atoms with E-state index in [1.165, 1.54) is 0 Å². The summed E-state index contributed by atoms with van der Waals surface area (Å²) in [5.41, 5.74) is 1.28. The monoisotopic (exact) mass is 251 g/mol. The van der Waals surface area contributed by atoms with Crippen LogP contribution in [-0.2, 0) is 4.79 Å². The van der Waals surface area contributed by atoms with Crippen LogP contribution in [0.25, 0.3) is 11.4 Å². The minimum absolute atomic E-state index is 0.0963. The molecule has 1 amide bonds. The molecule has 88 valence electrons. The largest absolute Gasteiger partial charge is 0.325 e. The molecule has 0 atom stereocenters. The number of H-pyrrole nitrogens is 1. The lowest BCUT2D eigenvalue weighted by molar-refractivity contribution is -0.115. The summed E-state index contributed by atoms with van der Waals surface area (Å²) in [6.07, 6.45) is 0.389. The van der Waals surface area contributed by atoms with E-state index in [4.69, 9.17) is 11.6 Å². The number of carbonyl (C=O) groups excluding carboxylic acids is 1. The van der Waals surface area contributed by atoms with Crippen LogP contribution in [0.4, 0.5) is 5.69 Å². The van der Waals surface area contributed by atoms with E-state index in [9.17, 15) is 4.79 Å². The molecule has 2 N–H and O–H groups in total. The first-order valence-corrected chi connectivity index (χ1v) is 5.42. The minimum Gasteiger partial charge on any atom is -0.325 e. The second kappa shape index (κ2) is 4.92. The van der Waals surface area contributed by atoms with Crippen molar-refractivity contribution in [2.75, 3.05) is 5.32 Å². The number of hydrogen-bond donors (Lipinski definition) is 2. The summed E-state index contributed by atoms with van der Waals surface area (Å²) in [5, 5.41) is 16.7. The van der Waals surface area contributed by atoms with Crippen molar-refractivity contribution < 1.29 is 4.79 Å². The second-order valence-corrected chi connectivity index (χ2v) is 3.78. The van der Waals surface area contributed by atoms with Crippen molar-refractivity contribution in [3.63, 3.8) is 0 Å². The maximum absolute atomic E-state index is 11.4. The fourth-order valence-electron chi connectivity index (χ4n) is 1.34. The van der Waals surface area contributed by atoms with Gasteiger partial charge in [0.25, 0.3) is 0 Å². The molecule has 0 saturated heterocycles. The van der Waals surface area contributed by atoms with Crippen LogP contribution >= 0.6 is 11.6 Å². The quantitative estimate of drug-likeness (QED) is 0.872. The molecule has 0 aliphatic heterocycles. The number of nitrogens with one attached hydrogen (secondary N) is 2. The summed E-state index contributed by atoms with van der Waals surface area (Å²) in [7, 11) is 0. The number of anilines is 1. The van der Waals surface area contributed by atoms with Crippen molar-refractivity contribution in [2.24, 2.45) is 0 Å². The summed E-state index contributed by atoms with van der Waals surface area (Å²) in [5.74, 6) is 0.383. The van der Waals surface area contributed by atoms with Crippen LogP contribution in [-0.4, -0.2) is 26.5 Å². The molecule has 1 aromatic heterocycles. The van der Waals surface area contributed by atoms with Crippen LogP contribution in [0.2, 0.25) is 5.02 Å². The van der Waals surface area contributed by atoms with Gasteiger partial charge in [-0.1, -0.05) is 18.5 Å². The van der Waals surface area contributed by atoms with Crippen LogP contribution in [0.3, 0.4) is 0 Å². The molecule has 0 fully saturated rings. The number of halogens is 1. The molecule has 0 radical (unpaired) electrons. The Kier molecular flexibility index (Phi) is 3.34. The molecule has 6 nitrogen and oxygen atoms in total. The average Bonchev–Trinajstić information content (AvgIpc) is 2.82. The van der Waals surface area contributed by atoms with E-state index >= 15 is 0 Å². The van der Waals surface area contributed by atoms with E-state index in [2.05, 4.69) is 25.9 Å². The highest BCUT2D eigenvalue weighted by atomic mass is 35.5. The first-order valence-electron chi connectivity index (χ1n) is 5.04. The molecule has 2 aromatic rings. The zero-order valence-electron chi connectivity index (χ0n) is 9.07. The van der Waals surface area contributed by atoms with Crippen LogP contribution in [0, 0.1) is 0 Å². The molecule has 1 aromatic carbocycles. The van der Waals surface area contributed by atoms with E-state index in [1.807, 2.05) is 0 Å². The Hall–Kier alpha value is -1.95. The highest BCUT2D eigenvalue weighted by Crippen LogP contribution is 2.27. The predicted molar refractivity (Wildman–Crippen MR) is 63.5 cm³/mol. The Labute approximate surface area is 102 Å². The van der Waals surface area contributed by atoms with Crippen LogP contribution in [0.15, 0.2) is 18.2 Å². The molecular formula is C10H10ClN5O. The average molecular weight is 252 g/mol. The summed E-state index contributed by atoms with van der Waals surface area (Å²) in [4.78, 5) is 11.4. The van der Waals surface area contributed by atoms with Gasteiger partial charge in [-0.25, -0.2) is 5.10 Å². The molecule has 0 saturated carbocycles. The minimum atomic E-state index is -0.0963.